The number of para-hydroxylation sites is 2. The van der Waals surface area contributed by atoms with E-state index in [1.54, 1.807) is 43.3 Å². The third kappa shape index (κ3) is 4.65. The number of amides is 2. The number of carbonyl (C=O) groups excluding carboxylic acids is 3. The highest BCUT2D eigenvalue weighted by molar-refractivity contribution is 6.05. The molecule has 0 spiro atoms. The molecule has 0 bridgehead atoms. The van der Waals surface area contributed by atoms with Crippen LogP contribution in [0.5, 0.6) is 0 Å². The van der Waals surface area contributed by atoms with E-state index in [9.17, 15) is 14.4 Å². The molecule has 1 aliphatic rings. The van der Waals surface area contributed by atoms with Gasteiger partial charge in [0.1, 0.15) is 0 Å². The van der Waals surface area contributed by atoms with Crippen LogP contribution in [0.2, 0.25) is 0 Å². The third-order valence-corrected chi connectivity index (χ3v) is 4.94. The minimum Gasteiger partial charge on any atom is -0.452 e. The van der Waals surface area contributed by atoms with Gasteiger partial charge in [0, 0.05) is 12.5 Å². The van der Waals surface area contributed by atoms with Crippen LogP contribution in [0.25, 0.3) is 0 Å². The zero-order valence-corrected chi connectivity index (χ0v) is 17.2. The van der Waals surface area contributed by atoms with Gasteiger partial charge < -0.3 is 15.0 Å². The summed E-state index contributed by atoms with van der Waals surface area (Å²) in [7, 11) is 0. The Morgan fingerprint density at radius 3 is 2.41 bits per heavy atom. The van der Waals surface area contributed by atoms with E-state index in [0.717, 1.165) is 5.56 Å². The lowest BCUT2D eigenvalue weighted by Gasteiger charge is -2.27. The van der Waals surface area contributed by atoms with Crippen molar-refractivity contribution in [2.45, 2.75) is 45.6 Å². The zero-order chi connectivity index (χ0) is 21.2. The van der Waals surface area contributed by atoms with Crippen molar-refractivity contribution in [3.05, 3.63) is 59.7 Å². The SMILES string of the molecule is C[C@H]1CC(=O)Nc2ccccc2N1C(=O)COC(=O)c1ccc(C(C)(C)C)cc1. The summed E-state index contributed by atoms with van der Waals surface area (Å²) in [6.07, 6.45) is 0.169. The predicted octanol–water partition coefficient (Wildman–Crippen LogP) is 3.90. The second-order valence-corrected chi connectivity index (χ2v) is 8.29. The van der Waals surface area contributed by atoms with Crippen LogP contribution in [0.3, 0.4) is 0 Å². The van der Waals surface area contributed by atoms with Crippen LogP contribution < -0.4 is 10.2 Å². The fourth-order valence-electron chi connectivity index (χ4n) is 3.35. The minimum absolute atomic E-state index is 0.0137. The number of ether oxygens (including phenoxy) is 1. The van der Waals surface area contributed by atoms with Gasteiger partial charge >= 0.3 is 5.97 Å². The Morgan fingerprint density at radius 1 is 1.10 bits per heavy atom. The Kier molecular flexibility index (Phi) is 5.73. The molecule has 2 amide bonds. The molecular weight excluding hydrogens is 368 g/mol. The van der Waals surface area contributed by atoms with Gasteiger partial charge in [0.25, 0.3) is 5.91 Å². The normalized spacial score (nSPS) is 16.5. The van der Waals surface area contributed by atoms with Crippen molar-refractivity contribution in [3.8, 4) is 0 Å². The first-order valence-corrected chi connectivity index (χ1v) is 9.65. The van der Waals surface area contributed by atoms with Crippen molar-refractivity contribution in [2.24, 2.45) is 0 Å². The predicted molar refractivity (Wildman–Crippen MR) is 112 cm³/mol. The molecular formula is C23H26N2O4. The van der Waals surface area contributed by atoms with Crippen molar-refractivity contribution in [2.75, 3.05) is 16.8 Å². The lowest BCUT2D eigenvalue weighted by Crippen LogP contribution is -2.41. The molecule has 0 saturated heterocycles. The highest BCUT2D eigenvalue weighted by Gasteiger charge is 2.30. The van der Waals surface area contributed by atoms with Crippen LogP contribution in [-0.2, 0) is 19.7 Å². The molecule has 6 nitrogen and oxygen atoms in total. The van der Waals surface area contributed by atoms with Gasteiger partial charge in [-0.1, -0.05) is 45.0 Å². The molecule has 6 heteroatoms. The molecule has 29 heavy (non-hydrogen) atoms. The Bertz CT molecular complexity index is 929. The molecule has 2 aromatic carbocycles. The summed E-state index contributed by atoms with van der Waals surface area (Å²) in [5, 5.41) is 2.81. The minimum atomic E-state index is -0.552. The number of benzene rings is 2. The van der Waals surface area contributed by atoms with Crippen molar-refractivity contribution in [3.63, 3.8) is 0 Å². The average Bonchev–Trinajstić information content (AvgIpc) is 2.79. The first-order chi connectivity index (χ1) is 13.7. The maximum absolute atomic E-state index is 12.9. The van der Waals surface area contributed by atoms with Gasteiger partial charge in [-0.3, -0.25) is 9.59 Å². The van der Waals surface area contributed by atoms with Crippen molar-refractivity contribution in [1.82, 2.24) is 0 Å². The van der Waals surface area contributed by atoms with Gasteiger partial charge in [-0.25, -0.2) is 4.79 Å². The molecule has 0 fully saturated rings. The van der Waals surface area contributed by atoms with E-state index in [2.05, 4.69) is 26.1 Å². The first kappa shape index (κ1) is 20.6. The van der Waals surface area contributed by atoms with Gasteiger partial charge in [-0.05, 0) is 42.2 Å². The number of carbonyl (C=O) groups is 3. The molecule has 0 unspecified atom stereocenters. The molecule has 3 rings (SSSR count). The van der Waals surface area contributed by atoms with Crippen LogP contribution in [0, 0.1) is 0 Å². The van der Waals surface area contributed by atoms with Crippen LogP contribution >= 0.6 is 0 Å². The Labute approximate surface area is 170 Å². The fraction of sp³-hybridized carbons (Fsp3) is 0.348. The second-order valence-electron chi connectivity index (χ2n) is 8.29. The van der Waals surface area contributed by atoms with Gasteiger partial charge in [0.05, 0.1) is 16.9 Å². The average molecular weight is 394 g/mol. The summed E-state index contributed by atoms with van der Waals surface area (Å²) in [6, 6.07) is 13.9. The van der Waals surface area contributed by atoms with Gasteiger partial charge in [0.2, 0.25) is 5.91 Å². The molecule has 0 radical (unpaired) electrons. The second kappa shape index (κ2) is 8.07. The molecule has 2 aromatic rings. The summed E-state index contributed by atoms with van der Waals surface area (Å²) in [6.45, 7) is 7.69. The Hall–Kier alpha value is -3.15. The van der Waals surface area contributed by atoms with Gasteiger partial charge in [-0.2, -0.15) is 0 Å². The maximum atomic E-state index is 12.9. The molecule has 1 aliphatic heterocycles. The van der Waals surface area contributed by atoms with E-state index in [4.69, 9.17) is 4.74 Å². The van der Waals surface area contributed by atoms with Gasteiger partial charge in [-0.15, -0.1) is 0 Å². The summed E-state index contributed by atoms with van der Waals surface area (Å²) in [5.74, 6) is -1.08. The summed E-state index contributed by atoms with van der Waals surface area (Å²) < 4.78 is 5.26. The summed E-state index contributed by atoms with van der Waals surface area (Å²) >= 11 is 0. The molecule has 152 valence electrons. The number of hydrogen-bond donors (Lipinski definition) is 1. The quantitative estimate of drug-likeness (QED) is 0.801. The van der Waals surface area contributed by atoms with E-state index in [1.165, 1.54) is 4.90 Å². The third-order valence-electron chi connectivity index (χ3n) is 4.94. The maximum Gasteiger partial charge on any atom is 0.338 e. The molecule has 1 heterocycles. The van der Waals surface area contributed by atoms with Crippen molar-refractivity contribution >= 4 is 29.2 Å². The number of fused-ring (bicyclic) bond motifs is 1. The number of anilines is 2. The van der Waals surface area contributed by atoms with Crippen LogP contribution in [-0.4, -0.2) is 30.4 Å². The summed E-state index contributed by atoms with van der Waals surface area (Å²) in [4.78, 5) is 38.8. The fourth-order valence-corrected chi connectivity index (χ4v) is 3.35. The van der Waals surface area contributed by atoms with Crippen LogP contribution in [0.1, 0.15) is 50.0 Å². The number of nitrogens with one attached hydrogen (secondary N) is 1. The smallest absolute Gasteiger partial charge is 0.338 e. The molecule has 0 saturated carbocycles. The highest BCUT2D eigenvalue weighted by Crippen LogP contribution is 2.31. The largest absolute Gasteiger partial charge is 0.452 e. The lowest BCUT2D eigenvalue weighted by molar-refractivity contribution is -0.122. The van der Waals surface area contributed by atoms with Crippen molar-refractivity contribution in [1.29, 1.82) is 0 Å². The summed E-state index contributed by atoms with van der Waals surface area (Å²) in [5.41, 5.74) is 2.66. The van der Waals surface area contributed by atoms with Crippen molar-refractivity contribution < 1.29 is 19.1 Å². The topological polar surface area (TPSA) is 75.7 Å². The standard InChI is InChI=1S/C23H26N2O4/c1-15-13-20(26)24-18-7-5-6-8-19(18)25(15)21(27)14-29-22(28)16-9-11-17(12-10-16)23(2,3)4/h5-12,15H,13-14H2,1-4H3,(H,24,26)/t15-/m0/s1. The van der Waals surface area contributed by atoms with E-state index < -0.39 is 12.6 Å². The molecule has 0 aliphatic carbocycles. The monoisotopic (exact) mass is 394 g/mol. The van der Waals surface area contributed by atoms with E-state index >= 15 is 0 Å². The molecule has 1 atom stereocenters. The first-order valence-electron chi connectivity index (χ1n) is 9.65. The van der Waals surface area contributed by atoms with Crippen LogP contribution in [0.15, 0.2) is 48.5 Å². The van der Waals surface area contributed by atoms with E-state index in [-0.39, 0.29) is 29.7 Å². The number of nitrogens with zero attached hydrogens (tertiary/aromatic N) is 1. The molecule has 0 aromatic heterocycles. The molecule has 1 N–H and O–H groups in total. The van der Waals surface area contributed by atoms with E-state index in [1.807, 2.05) is 12.1 Å². The van der Waals surface area contributed by atoms with Gasteiger partial charge in [0.15, 0.2) is 6.61 Å². The number of hydrogen-bond acceptors (Lipinski definition) is 4. The number of rotatable bonds is 3. The number of esters is 1. The Morgan fingerprint density at radius 2 is 1.76 bits per heavy atom. The van der Waals surface area contributed by atoms with E-state index in [0.29, 0.717) is 16.9 Å². The zero-order valence-electron chi connectivity index (χ0n) is 17.2. The lowest BCUT2D eigenvalue weighted by atomic mass is 9.87. The van der Waals surface area contributed by atoms with Crippen LogP contribution in [0.4, 0.5) is 11.4 Å². The Balaban J connectivity index is 1.71. The highest BCUT2D eigenvalue weighted by atomic mass is 16.5.